The van der Waals surface area contributed by atoms with E-state index < -0.39 is 6.61 Å². The second-order valence-electron chi connectivity index (χ2n) is 5.99. The summed E-state index contributed by atoms with van der Waals surface area (Å²) in [6.45, 7) is 3.77. The normalized spacial score (nSPS) is 13.1. The molecule has 0 bridgehead atoms. The summed E-state index contributed by atoms with van der Waals surface area (Å²) in [5, 5.41) is 6.18. The number of aryl methyl sites for hydroxylation is 2. The highest BCUT2D eigenvalue weighted by molar-refractivity contribution is 5.79. The van der Waals surface area contributed by atoms with Gasteiger partial charge in [0.15, 0.2) is 17.5 Å². The zero-order valence-corrected chi connectivity index (χ0v) is 15.8. The Balaban J connectivity index is 1.74. The molecule has 2 aromatic rings. The van der Waals surface area contributed by atoms with Crippen LogP contribution in [0.4, 0.5) is 8.78 Å². The minimum Gasteiger partial charge on any atom is -0.454 e. The second kappa shape index (κ2) is 8.77. The number of rotatable bonds is 7. The molecule has 0 atom stereocenters. The fraction of sp³-hybridized carbons (Fsp3) is 0.444. The molecule has 0 unspecified atom stereocenters. The molecule has 1 aliphatic heterocycles. The molecule has 0 spiro atoms. The highest BCUT2D eigenvalue weighted by Crippen LogP contribution is 2.39. The van der Waals surface area contributed by atoms with Gasteiger partial charge in [0, 0.05) is 18.2 Å². The lowest BCUT2D eigenvalue weighted by Gasteiger charge is -2.13. The summed E-state index contributed by atoms with van der Waals surface area (Å²) in [5.41, 5.74) is 1.28. The van der Waals surface area contributed by atoms with E-state index >= 15 is 0 Å². The van der Waals surface area contributed by atoms with Gasteiger partial charge in [-0.05, 0) is 26.8 Å². The molecule has 28 heavy (non-hydrogen) atoms. The predicted octanol–water partition coefficient (Wildman–Crippen LogP) is 2.88. The first-order chi connectivity index (χ1) is 13.5. The summed E-state index contributed by atoms with van der Waals surface area (Å²) in [7, 11) is 0. The van der Waals surface area contributed by atoms with Crippen LogP contribution in [0.15, 0.2) is 21.5 Å². The predicted molar refractivity (Wildman–Crippen MR) is 96.8 cm³/mol. The lowest BCUT2D eigenvalue weighted by atomic mass is 10.1. The molecule has 10 heteroatoms. The number of fused-ring (bicyclic) bond motifs is 1. The molecule has 152 valence electrons. The number of hydrogen-bond acceptors (Lipinski definition) is 6. The number of halogens is 2. The van der Waals surface area contributed by atoms with Gasteiger partial charge in [-0.1, -0.05) is 0 Å². The summed E-state index contributed by atoms with van der Waals surface area (Å²) >= 11 is 0. The van der Waals surface area contributed by atoms with Crippen LogP contribution < -0.4 is 24.8 Å². The number of benzene rings is 1. The standard InChI is InChI=1S/C18H22F2N4O4/c1-4-21-18(23-8-16-24-10(2)11(3)27-16)22-7-12-5-14-15(26-9-25-14)6-13(12)28-17(19)20/h5-6,17H,4,7-9H2,1-3H3,(H2,21,22,23). The number of ether oxygens (including phenoxy) is 3. The Morgan fingerprint density at radius 1 is 1.25 bits per heavy atom. The number of hydrogen-bond donors (Lipinski definition) is 2. The lowest BCUT2D eigenvalue weighted by Crippen LogP contribution is -2.36. The van der Waals surface area contributed by atoms with E-state index in [2.05, 4.69) is 25.3 Å². The topological polar surface area (TPSA) is 90.1 Å². The molecule has 0 saturated heterocycles. The van der Waals surface area contributed by atoms with Gasteiger partial charge in [0.05, 0.1) is 18.8 Å². The third-order valence-electron chi connectivity index (χ3n) is 4.00. The average molecular weight is 396 g/mol. The van der Waals surface area contributed by atoms with E-state index in [1.165, 1.54) is 6.07 Å². The molecular weight excluding hydrogens is 374 g/mol. The Morgan fingerprint density at radius 2 is 2.00 bits per heavy atom. The molecular formula is C18H22F2N4O4. The molecule has 2 heterocycles. The highest BCUT2D eigenvalue weighted by Gasteiger charge is 2.20. The Kier molecular flexibility index (Phi) is 6.17. The van der Waals surface area contributed by atoms with Crippen LogP contribution in [0.25, 0.3) is 0 Å². The maximum absolute atomic E-state index is 12.7. The Morgan fingerprint density at radius 3 is 2.64 bits per heavy atom. The number of alkyl halides is 2. The van der Waals surface area contributed by atoms with Crippen LogP contribution in [0.3, 0.4) is 0 Å². The SMILES string of the molecule is CCNC(=NCc1cc2c(cc1OC(F)F)OCO2)NCc1nc(C)c(C)o1. The van der Waals surface area contributed by atoms with Crippen LogP contribution in [-0.2, 0) is 13.1 Å². The summed E-state index contributed by atoms with van der Waals surface area (Å²) in [6, 6.07) is 2.98. The van der Waals surface area contributed by atoms with E-state index in [1.807, 2.05) is 20.8 Å². The van der Waals surface area contributed by atoms with Crippen molar-refractivity contribution in [3.8, 4) is 17.2 Å². The van der Waals surface area contributed by atoms with Gasteiger partial charge >= 0.3 is 6.61 Å². The zero-order valence-electron chi connectivity index (χ0n) is 15.8. The molecule has 1 aliphatic rings. The Hall–Kier alpha value is -3.04. The van der Waals surface area contributed by atoms with Gasteiger partial charge in [-0.3, -0.25) is 0 Å². The van der Waals surface area contributed by atoms with Crippen molar-refractivity contribution in [1.29, 1.82) is 0 Å². The number of nitrogens with one attached hydrogen (secondary N) is 2. The maximum atomic E-state index is 12.7. The minimum absolute atomic E-state index is 0.00204. The van der Waals surface area contributed by atoms with E-state index in [0.29, 0.717) is 42.0 Å². The first-order valence-corrected chi connectivity index (χ1v) is 8.78. The van der Waals surface area contributed by atoms with Crippen molar-refractivity contribution in [1.82, 2.24) is 15.6 Å². The van der Waals surface area contributed by atoms with Crippen molar-refractivity contribution in [2.24, 2.45) is 4.99 Å². The monoisotopic (exact) mass is 396 g/mol. The molecule has 8 nitrogen and oxygen atoms in total. The third kappa shape index (κ3) is 4.81. The van der Waals surface area contributed by atoms with Gasteiger partial charge in [-0.15, -0.1) is 0 Å². The molecule has 0 saturated carbocycles. The van der Waals surface area contributed by atoms with Crippen molar-refractivity contribution in [3.05, 3.63) is 35.0 Å². The smallest absolute Gasteiger partial charge is 0.387 e. The van der Waals surface area contributed by atoms with Crippen LogP contribution in [0, 0.1) is 13.8 Å². The molecule has 0 amide bonds. The molecule has 1 aromatic carbocycles. The van der Waals surface area contributed by atoms with E-state index in [0.717, 1.165) is 11.5 Å². The molecule has 3 rings (SSSR count). The van der Waals surface area contributed by atoms with Crippen molar-refractivity contribution < 1.29 is 27.4 Å². The van der Waals surface area contributed by atoms with Crippen LogP contribution >= 0.6 is 0 Å². The number of aliphatic imine (C=N–C) groups is 1. The Labute approximate surface area is 160 Å². The van der Waals surface area contributed by atoms with Crippen LogP contribution in [-0.4, -0.2) is 30.9 Å². The number of nitrogens with zero attached hydrogens (tertiary/aromatic N) is 2. The number of oxazole rings is 1. The first-order valence-electron chi connectivity index (χ1n) is 8.78. The van der Waals surface area contributed by atoms with Crippen molar-refractivity contribution in [3.63, 3.8) is 0 Å². The van der Waals surface area contributed by atoms with Crippen molar-refractivity contribution in [2.45, 2.75) is 40.5 Å². The maximum Gasteiger partial charge on any atom is 0.387 e. The lowest BCUT2D eigenvalue weighted by molar-refractivity contribution is -0.0505. The van der Waals surface area contributed by atoms with E-state index in [9.17, 15) is 8.78 Å². The average Bonchev–Trinajstić information content (AvgIpc) is 3.22. The summed E-state index contributed by atoms with van der Waals surface area (Å²) in [5.74, 6) is 2.60. The van der Waals surface area contributed by atoms with Crippen molar-refractivity contribution in [2.75, 3.05) is 13.3 Å². The number of guanidine groups is 1. The van der Waals surface area contributed by atoms with Gasteiger partial charge in [0.25, 0.3) is 0 Å². The minimum atomic E-state index is -2.95. The fourth-order valence-electron chi connectivity index (χ4n) is 2.57. The van der Waals surface area contributed by atoms with E-state index in [-0.39, 0.29) is 19.1 Å². The molecule has 2 N–H and O–H groups in total. The van der Waals surface area contributed by atoms with E-state index in [1.54, 1.807) is 6.07 Å². The van der Waals surface area contributed by atoms with Gasteiger partial charge in [-0.2, -0.15) is 8.78 Å². The highest BCUT2D eigenvalue weighted by atomic mass is 19.3. The van der Waals surface area contributed by atoms with Crippen LogP contribution in [0.2, 0.25) is 0 Å². The fourth-order valence-corrected chi connectivity index (χ4v) is 2.57. The summed E-state index contributed by atoms with van der Waals surface area (Å²) in [6.07, 6.45) is 0. The van der Waals surface area contributed by atoms with Crippen LogP contribution in [0.5, 0.6) is 17.2 Å². The van der Waals surface area contributed by atoms with Gasteiger partial charge in [0.1, 0.15) is 11.5 Å². The quantitative estimate of drug-likeness (QED) is 0.549. The zero-order chi connectivity index (χ0) is 20.1. The Bertz CT molecular complexity index is 835. The van der Waals surface area contributed by atoms with E-state index in [4.69, 9.17) is 13.9 Å². The van der Waals surface area contributed by atoms with Gasteiger partial charge in [0.2, 0.25) is 12.7 Å². The van der Waals surface area contributed by atoms with Gasteiger partial charge in [-0.25, -0.2) is 9.98 Å². The van der Waals surface area contributed by atoms with Crippen molar-refractivity contribution >= 4 is 5.96 Å². The second-order valence-corrected chi connectivity index (χ2v) is 5.99. The molecule has 0 radical (unpaired) electrons. The molecule has 1 aromatic heterocycles. The third-order valence-corrected chi connectivity index (χ3v) is 4.00. The number of aromatic nitrogens is 1. The largest absolute Gasteiger partial charge is 0.454 e. The molecule has 0 fully saturated rings. The van der Waals surface area contributed by atoms with Crippen LogP contribution in [0.1, 0.15) is 29.8 Å². The summed E-state index contributed by atoms with van der Waals surface area (Å²) < 4.78 is 46.1. The summed E-state index contributed by atoms with van der Waals surface area (Å²) in [4.78, 5) is 8.73. The molecule has 0 aliphatic carbocycles. The van der Waals surface area contributed by atoms with Gasteiger partial charge < -0.3 is 29.3 Å². The first kappa shape index (κ1) is 19.7.